The van der Waals surface area contributed by atoms with E-state index in [0.717, 1.165) is 5.69 Å². The van der Waals surface area contributed by atoms with Crippen LogP contribution in [0.15, 0.2) is 35.1 Å². The summed E-state index contributed by atoms with van der Waals surface area (Å²) in [5.74, 6) is 0.571. The molecule has 166 valence electrons. The zero-order valence-corrected chi connectivity index (χ0v) is 19.1. The average Bonchev–Trinajstić information content (AvgIpc) is 3.44. The number of carbonyl (C=O) groups excluding carboxylic acids is 1. The molecule has 0 unspecified atom stereocenters. The van der Waals surface area contributed by atoms with Gasteiger partial charge in [0.15, 0.2) is 15.5 Å². The molecule has 0 spiro atoms. The van der Waals surface area contributed by atoms with E-state index in [1.165, 1.54) is 0 Å². The Balaban J connectivity index is 1.82. The first-order chi connectivity index (χ1) is 14.7. The first-order valence-corrected chi connectivity index (χ1v) is 12.4. The molecule has 3 aromatic rings. The molecule has 0 aliphatic carbocycles. The van der Waals surface area contributed by atoms with Crippen molar-refractivity contribution in [2.75, 3.05) is 11.5 Å². The Morgan fingerprint density at radius 2 is 2.10 bits per heavy atom. The molecule has 0 aromatic carbocycles. The summed E-state index contributed by atoms with van der Waals surface area (Å²) in [6.07, 6.45) is 3.65. The second kappa shape index (κ2) is 8.11. The number of rotatable bonds is 6. The highest BCUT2D eigenvalue weighted by Crippen LogP contribution is 2.28. The maximum atomic E-state index is 13.9. The van der Waals surface area contributed by atoms with Gasteiger partial charge in [0.2, 0.25) is 0 Å². The molecule has 4 heterocycles. The van der Waals surface area contributed by atoms with Crippen LogP contribution in [-0.2, 0) is 16.4 Å². The Hall–Kier alpha value is -2.68. The van der Waals surface area contributed by atoms with Crippen LogP contribution in [0.5, 0.6) is 0 Å². The fourth-order valence-corrected chi connectivity index (χ4v) is 5.73. The van der Waals surface area contributed by atoms with Crippen molar-refractivity contribution in [3.8, 4) is 0 Å². The molecule has 4 rings (SSSR count). The number of pyridine rings is 1. The maximum absolute atomic E-state index is 13.9. The van der Waals surface area contributed by atoms with Gasteiger partial charge in [0, 0.05) is 17.8 Å². The lowest BCUT2D eigenvalue weighted by atomic mass is 10.0. The minimum Gasteiger partial charge on any atom is -0.467 e. The molecule has 1 fully saturated rings. The number of sulfone groups is 1. The SMILES string of the molecule is CC(C)c1cc(C(=O)N(Cc2ccco2)[C@H]2CCS(=O)(=O)C2)c2cnn(C(C)C)c2n1. The van der Waals surface area contributed by atoms with Crippen LogP contribution in [-0.4, -0.2) is 51.5 Å². The van der Waals surface area contributed by atoms with Crippen LogP contribution in [0.1, 0.15) is 67.9 Å². The maximum Gasteiger partial charge on any atom is 0.255 e. The van der Waals surface area contributed by atoms with E-state index in [0.29, 0.717) is 28.8 Å². The molecule has 31 heavy (non-hydrogen) atoms. The van der Waals surface area contributed by atoms with Gasteiger partial charge >= 0.3 is 0 Å². The van der Waals surface area contributed by atoms with E-state index >= 15 is 0 Å². The lowest BCUT2D eigenvalue weighted by Gasteiger charge is -2.28. The van der Waals surface area contributed by atoms with Gasteiger partial charge in [-0.1, -0.05) is 13.8 Å². The smallest absolute Gasteiger partial charge is 0.255 e. The molecule has 0 N–H and O–H groups in total. The van der Waals surface area contributed by atoms with Crippen molar-refractivity contribution in [2.45, 2.75) is 58.7 Å². The molecule has 3 aromatic heterocycles. The van der Waals surface area contributed by atoms with Gasteiger partial charge < -0.3 is 9.32 Å². The first-order valence-electron chi connectivity index (χ1n) is 10.6. The Labute approximate surface area is 182 Å². The second-order valence-electron chi connectivity index (χ2n) is 8.74. The van der Waals surface area contributed by atoms with Crippen LogP contribution in [0.3, 0.4) is 0 Å². The number of fused-ring (bicyclic) bond motifs is 1. The third-order valence-corrected chi connectivity index (χ3v) is 7.46. The Bertz CT molecular complexity index is 1200. The summed E-state index contributed by atoms with van der Waals surface area (Å²) in [4.78, 5) is 20.3. The van der Waals surface area contributed by atoms with Crippen LogP contribution in [0.25, 0.3) is 11.0 Å². The van der Waals surface area contributed by atoms with Crippen LogP contribution >= 0.6 is 0 Å². The molecule has 9 heteroatoms. The first kappa shape index (κ1) is 21.5. The van der Waals surface area contributed by atoms with Crippen molar-refractivity contribution in [3.63, 3.8) is 0 Å². The summed E-state index contributed by atoms with van der Waals surface area (Å²) in [5.41, 5.74) is 1.97. The summed E-state index contributed by atoms with van der Waals surface area (Å²) >= 11 is 0. The van der Waals surface area contributed by atoms with Gasteiger partial charge in [-0.2, -0.15) is 5.10 Å². The molecule has 1 aliphatic rings. The standard InChI is InChI=1S/C22H28N4O4S/c1-14(2)20-10-18(19-11-23-26(15(3)4)21(19)24-20)22(27)25(12-17-6-5-8-30-17)16-7-9-31(28,29)13-16/h5-6,8,10-11,14-16H,7,9,12-13H2,1-4H3/t16-/m0/s1. The molecule has 1 aliphatic heterocycles. The number of aromatic nitrogens is 3. The molecule has 1 amide bonds. The van der Waals surface area contributed by atoms with Gasteiger partial charge in [-0.05, 0) is 44.4 Å². The van der Waals surface area contributed by atoms with Gasteiger partial charge in [0.05, 0.1) is 41.5 Å². The molecule has 1 atom stereocenters. The number of amides is 1. The van der Waals surface area contributed by atoms with Crippen LogP contribution in [0.2, 0.25) is 0 Å². The van der Waals surface area contributed by atoms with E-state index in [-0.39, 0.29) is 35.9 Å². The fraction of sp³-hybridized carbons (Fsp3) is 0.500. The van der Waals surface area contributed by atoms with E-state index in [1.807, 2.05) is 38.4 Å². The summed E-state index contributed by atoms with van der Waals surface area (Å²) in [5, 5.41) is 5.14. The molecule has 1 saturated heterocycles. The van der Waals surface area contributed by atoms with Crippen molar-refractivity contribution in [2.24, 2.45) is 0 Å². The topological polar surface area (TPSA) is 98.3 Å². The summed E-state index contributed by atoms with van der Waals surface area (Å²) in [6.45, 7) is 8.31. The van der Waals surface area contributed by atoms with Gasteiger partial charge in [-0.25, -0.2) is 18.1 Å². The highest BCUT2D eigenvalue weighted by molar-refractivity contribution is 7.91. The Kier molecular flexibility index (Phi) is 5.63. The van der Waals surface area contributed by atoms with Crippen LogP contribution in [0.4, 0.5) is 0 Å². The van der Waals surface area contributed by atoms with E-state index in [9.17, 15) is 13.2 Å². The highest BCUT2D eigenvalue weighted by Gasteiger charge is 2.36. The quantitative estimate of drug-likeness (QED) is 0.577. The Morgan fingerprint density at radius 1 is 1.32 bits per heavy atom. The largest absolute Gasteiger partial charge is 0.467 e. The van der Waals surface area contributed by atoms with Crippen molar-refractivity contribution in [3.05, 3.63) is 47.7 Å². The van der Waals surface area contributed by atoms with E-state index in [4.69, 9.17) is 9.40 Å². The van der Waals surface area contributed by atoms with Gasteiger partial charge in [0.1, 0.15) is 5.76 Å². The van der Waals surface area contributed by atoms with E-state index in [2.05, 4.69) is 5.10 Å². The Morgan fingerprint density at radius 3 is 2.68 bits per heavy atom. The minimum absolute atomic E-state index is 0.0318. The van der Waals surface area contributed by atoms with Crippen LogP contribution in [0, 0.1) is 0 Å². The zero-order valence-electron chi connectivity index (χ0n) is 18.3. The number of nitrogens with zero attached hydrogens (tertiary/aromatic N) is 4. The lowest BCUT2D eigenvalue weighted by Crippen LogP contribution is -2.40. The summed E-state index contributed by atoms with van der Waals surface area (Å²) < 4.78 is 31.6. The molecule has 0 saturated carbocycles. The van der Waals surface area contributed by atoms with Crippen molar-refractivity contribution >= 4 is 26.8 Å². The predicted molar refractivity (Wildman–Crippen MR) is 118 cm³/mol. The lowest BCUT2D eigenvalue weighted by molar-refractivity contribution is 0.0668. The third-order valence-electron chi connectivity index (χ3n) is 5.71. The number of hydrogen-bond acceptors (Lipinski definition) is 6. The van der Waals surface area contributed by atoms with Gasteiger partial charge in [-0.15, -0.1) is 0 Å². The fourth-order valence-electron chi connectivity index (χ4n) is 4.00. The minimum atomic E-state index is -3.16. The van der Waals surface area contributed by atoms with Crippen LogP contribution < -0.4 is 0 Å². The normalized spacial score (nSPS) is 18.3. The van der Waals surface area contributed by atoms with Gasteiger partial charge in [-0.3, -0.25) is 4.79 Å². The van der Waals surface area contributed by atoms with Gasteiger partial charge in [0.25, 0.3) is 5.91 Å². The predicted octanol–water partition coefficient (Wildman–Crippen LogP) is 3.56. The monoisotopic (exact) mass is 444 g/mol. The molecular weight excluding hydrogens is 416 g/mol. The van der Waals surface area contributed by atoms with Crippen molar-refractivity contribution in [1.29, 1.82) is 0 Å². The number of furan rings is 1. The molecular formula is C22H28N4O4S. The average molecular weight is 445 g/mol. The zero-order chi connectivity index (χ0) is 22.3. The summed E-state index contributed by atoms with van der Waals surface area (Å²) in [7, 11) is -3.16. The second-order valence-corrected chi connectivity index (χ2v) is 11.0. The van der Waals surface area contributed by atoms with Crippen molar-refractivity contribution < 1.29 is 17.6 Å². The van der Waals surface area contributed by atoms with E-state index in [1.54, 1.807) is 29.5 Å². The molecule has 0 radical (unpaired) electrons. The molecule has 0 bridgehead atoms. The highest BCUT2D eigenvalue weighted by atomic mass is 32.2. The van der Waals surface area contributed by atoms with E-state index < -0.39 is 15.9 Å². The number of carbonyl (C=O) groups is 1. The molecule has 8 nitrogen and oxygen atoms in total. The third kappa shape index (κ3) is 4.23. The van der Waals surface area contributed by atoms with Crippen molar-refractivity contribution in [1.82, 2.24) is 19.7 Å². The number of hydrogen-bond donors (Lipinski definition) is 0. The summed E-state index contributed by atoms with van der Waals surface area (Å²) in [6, 6.07) is 5.07.